The maximum atomic E-state index is 12.2. The average molecular weight is 338 g/mol. The van der Waals surface area contributed by atoms with E-state index in [1.807, 2.05) is 19.2 Å². The maximum absolute atomic E-state index is 12.2. The van der Waals surface area contributed by atoms with Crippen LogP contribution >= 0.6 is 0 Å². The lowest BCUT2D eigenvalue weighted by Gasteiger charge is -2.34. The molecule has 1 aromatic rings. The molecular weight excluding hydrogens is 308 g/mol. The fourth-order valence-corrected chi connectivity index (χ4v) is 2.19. The first-order valence-corrected chi connectivity index (χ1v) is 8.05. The quantitative estimate of drug-likeness (QED) is 0.749. The molecule has 0 atom stereocenters. The molecule has 0 bridgehead atoms. The third kappa shape index (κ3) is 5.03. The summed E-state index contributed by atoms with van der Waals surface area (Å²) < 4.78 is 15.9. The zero-order valence-corrected chi connectivity index (χ0v) is 15.9. The molecule has 0 aliphatic carbocycles. The van der Waals surface area contributed by atoms with Crippen LogP contribution < -0.4 is 19.5 Å². The third-order valence-electron chi connectivity index (χ3n) is 4.49. The van der Waals surface area contributed by atoms with Crippen LogP contribution in [0.15, 0.2) is 12.1 Å². The fraction of sp³-hybridized carbons (Fsp3) is 0.611. The van der Waals surface area contributed by atoms with Crippen molar-refractivity contribution in [3.05, 3.63) is 17.7 Å². The van der Waals surface area contributed by atoms with Crippen molar-refractivity contribution < 1.29 is 19.0 Å². The van der Waals surface area contributed by atoms with Crippen molar-refractivity contribution in [2.75, 3.05) is 34.9 Å². The van der Waals surface area contributed by atoms with Crippen molar-refractivity contribution in [2.45, 2.75) is 39.3 Å². The van der Waals surface area contributed by atoms with E-state index in [0.29, 0.717) is 30.3 Å². The molecule has 1 N–H and O–H groups in total. The van der Waals surface area contributed by atoms with Crippen LogP contribution in [0.3, 0.4) is 0 Å². The zero-order valence-electron chi connectivity index (χ0n) is 15.9. The van der Waals surface area contributed by atoms with Crippen LogP contribution in [0, 0.1) is 0 Å². The van der Waals surface area contributed by atoms with Crippen LogP contribution in [-0.4, -0.2) is 51.3 Å². The number of carbonyl (C=O) groups excluding carboxylic acids is 1. The zero-order chi connectivity index (χ0) is 18.3. The molecule has 0 aliphatic heterocycles. The smallest absolute Gasteiger partial charge is 0.234 e. The monoisotopic (exact) mass is 338 g/mol. The first-order valence-electron chi connectivity index (χ1n) is 8.05. The Morgan fingerprint density at radius 3 is 2.08 bits per heavy atom. The van der Waals surface area contributed by atoms with E-state index in [2.05, 4.69) is 31.0 Å². The Morgan fingerprint density at radius 2 is 1.67 bits per heavy atom. The van der Waals surface area contributed by atoms with Gasteiger partial charge in [-0.05, 0) is 45.0 Å². The van der Waals surface area contributed by atoms with Gasteiger partial charge in [-0.25, -0.2) is 0 Å². The predicted molar refractivity (Wildman–Crippen MR) is 94.9 cm³/mol. The second-order valence-electron chi connectivity index (χ2n) is 6.33. The lowest BCUT2D eigenvalue weighted by Crippen LogP contribution is -2.46. The molecule has 6 nitrogen and oxygen atoms in total. The van der Waals surface area contributed by atoms with Gasteiger partial charge in [-0.15, -0.1) is 0 Å². The second kappa shape index (κ2) is 8.78. The molecule has 24 heavy (non-hydrogen) atoms. The van der Waals surface area contributed by atoms with Gasteiger partial charge in [0.1, 0.15) is 0 Å². The summed E-state index contributed by atoms with van der Waals surface area (Å²) in [7, 11) is 6.67. The van der Waals surface area contributed by atoms with E-state index in [-0.39, 0.29) is 11.4 Å². The Kier molecular flexibility index (Phi) is 7.35. The molecule has 0 unspecified atom stereocenters. The van der Waals surface area contributed by atoms with E-state index < -0.39 is 0 Å². The van der Waals surface area contributed by atoms with Crippen LogP contribution in [0.1, 0.15) is 32.8 Å². The number of amides is 1. The molecule has 1 aromatic carbocycles. The SMILES string of the molecule is CCC(C)(C)N(C)CC(=O)NCc1cc(OC)c(OC)c(OC)c1. The van der Waals surface area contributed by atoms with Gasteiger partial charge in [-0.2, -0.15) is 0 Å². The van der Waals surface area contributed by atoms with E-state index in [9.17, 15) is 4.79 Å². The summed E-state index contributed by atoms with van der Waals surface area (Å²) in [5.74, 6) is 1.67. The molecule has 0 fully saturated rings. The lowest BCUT2D eigenvalue weighted by atomic mass is 10.00. The Balaban J connectivity index is 2.75. The van der Waals surface area contributed by atoms with E-state index in [0.717, 1.165) is 12.0 Å². The fourth-order valence-electron chi connectivity index (χ4n) is 2.19. The number of ether oxygens (including phenoxy) is 3. The topological polar surface area (TPSA) is 60.0 Å². The third-order valence-corrected chi connectivity index (χ3v) is 4.49. The minimum Gasteiger partial charge on any atom is -0.493 e. The molecule has 0 aliphatic rings. The molecule has 0 spiro atoms. The van der Waals surface area contributed by atoms with Gasteiger partial charge in [0.2, 0.25) is 11.7 Å². The van der Waals surface area contributed by atoms with Gasteiger partial charge < -0.3 is 19.5 Å². The Hall–Kier alpha value is -1.95. The van der Waals surface area contributed by atoms with Crippen LogP contribution in [-0.2, 0) is 11.3 Å². The number of methoxy groups -OCH3 is 3. The summed E-state index contributed by atoms with van der Waals surface area (Å²) >= 11 is 0. The summed E-state index contributed by atoms with van der Waals surface area (Å²) in [4.78, 5) is 14.2. The van der Waals surface area contributed by atoms with Gasteiger partial charge in [0.15, 0.2) is 11.5 Å². The standard InChI is InChI=1S/C18H30N2O4/c1-8-18(2,3)20(4)12-16(21)19-11-13-9-14(22-5)17(24-7)15(10-13)23-6/h9-10H,8,11-12H2,1-7H3,(H,19,21). The first-order chi connectivity index (χ1) is 11.3. The average Bonchev–Trinajstić information content (AvgIpc) is 2.58. The lowest BCUT2D eigenvalue weighted by molar-refractivity contribution is -0.123. The highest BCUT2D eigenvalue weighted by Crippen LogP contribution is 2.38. The molecular formula is C18H30N2O4. The van der Waals surface area contributed by atoms with Crippen molar-refractivity contribution in [1.82, 2.24) is 10.2 Å². The van der Waals surface area contributed by atoms with Gasteiger partial charge in [0.25, 0.3) is 0 Å². The van der Waals surface area contributed by atoms with Crippen molar-refractivity contribution >= 4 is 5.91 Å². The number of hydrogen-bond donors (Lipinski definition) is 1. The Bertz CT molecular complexity index is 533. The molecule has 1 amide bonds. The summed E-state index contributed by atoms with van der Waals surface area (Å²) in [6.45, 7) is 7.12. The number of likely N-dealkylation sites (N-methyl/N-ethyl adjacent to an activating group) is 1. The van der Waals surface area contributed by atoms with E-state index in [1.54, 1.807) is 21.3 Å². The van der Waals surface area contributed by atoms with Crippen LogP contribution in [0.2, 0.25) is 0 Å². The highest BCUT2D eigenvalue weighted by atomic mass is 16.5. The summed E-state index contributed by atoms with van der Waals surface area (Å²) in [5, 5.41) is 2.93. The molecule has 1 rings (SSSR count). The molecule has 0 heterocycles. The predicted octanol–water partition coefficient (Wildman–Crippen LogP) is 2.45. The highest BCUT2D eigenvalue weighted by Gasteiger charge is 2.23. The summed E-state index contributed by atoms with van der Waals surface area (Å²) in [5.41, 5.74) is 0.874. The largest absolute Gasteiger partial charge is 0.493 e. The Labute approximate surface area is 145 Å². The molecule has 0 saturated carbocycles. The number of rotatable bonds is 9. The van der Waals surface area contributed by atoms with E-state index >= 15 is 0 Å². The Morgan fingerprint density at radius 1 is 1.12 bits per heavy atom. The maximum Gasteiger partial charge on any atom is 0.234 e. The first kappa shape index (κ1) is 20.1. The van der Waals surface area contributed by atoms with Crippen LogP contribution in [0.4, 0.5) is 0 Å². The van der Waals surface area contributed by atoms with Crippen molar-refractivity contribution in [3.8, 4) is 17.2 Å². The van der Waals surface area contributed by atoms with E-state index in [4.69, 9.17) is 14.2 Å². The van der Waals surface area contributed by atoms with Crippen LogP contribution in [0.5, 0.6) is 17.2 Å². The normalized spacial score (nSPS) is 11.3. The number of carbonyl (C=O) groups is 1. The molecule has 6 heteroatoms. The van der Waals surface area contributed by atoms with Crippen molar-refractivity contribution in [2.24, 2.45) is 0 Å². The minimum absolute atomic E-state index is 0.0100. The van der Waals surface area contributed by atoms with Gasteiger partial charge >= 0.3 is 0 Å². The minimum atomic E-state index is -0.0206. The van der Waals surface area contributed by atoms with Crippen molar-refractivity contribution in [1.29, 1.82) is 0 Å². The number of hydrogen-bond acceptors (Lipinski definition) is 5. The van der Waals surface area contributed by atoms with Gasteiger partial charge in [-0.3, -0.25) is 9.69 Å². The highest BCUT2D eigenvalue weighted by molar-refractivity contribution is 5.78. The van der Waals surface area contributed by atoms with E-state index in [1.165, 1.54) is 0 Å². The van der Waals surface area contributed by atoms with Gasteiger partial charge in [0.05, 0.1) is 27.9 Å². The second-order valence-corrected chi connectivity index (χ2v) is 6.33. The molecule has 0 aromatic heterocycles. The molecule has 0 saturated heterocycles. The summed E-state index contributed by atoms with van der Waals surface area (Å²) in [6, 6.07) is 3.67. The number of nitrogens with one attached hydrogen (secondary N) is 1. The van der Waals surface area contributed by atoms with Crippen molar-refractivity contribution in [3.63, 3.8) is 0 Å². The number of benzene rings is 1. The van der Waals surface area contributed by atoms with Crippen LogP contribution in [0.25, 0.3) is 0 Å². The molecule has 136 valence electrons. The van der Waals surface area contributed by atoms with Gasteiger partial charge in [-0.1, -0.05) is 6.92 Å². The van der Waals surface area contributed by atoms with Gasteiger partial charge in [0, 0.05) is 12.1 Å². The summed E-state index contributed by atoms with van der Waals surface area (Å²) in [6.07, 6.45) is 0.976. The molecule has 0 radical (unpaired) electrons. The number of nitrogens with zero attached hydrogens (tertiary/aromatic N) is 1.